The number of carbonyl (C=O) groups is 1. The van der Waals surface area contributed by atoms with Gasteiger partial charge in [0.1, 0.15) is 23.1 Å². The van der Waals surface area contributed by atoms with Crippen molar-refractivity contribution >= 4 is 5.91 Å². The molecule has 8 nitrogen and oxygen atoms in total. The molecule has 3 aromatic rings. The second-order valence-electron chi connectivity index (χ2n) is 14.2. The molecule has 0 saturated heterocycles. The van der Waals surface area contributed by atoms with E-state index in [9.17, 15) is 19.1 Å². The highest BCUT2D eigenvalue weighted by Crippen LogP contribution is 2.48. The number of hydrogen-bond acceptors (Lipinski definition) is 6. The van der Waals surface area contributed by atoms with Crippen LogP contribution >= 0.6 is 0 Å². The van der Waals surface area contributed by atoms with Crippen LogP contribution in [0.1, 0.15) is 82.4 Å². The van der Waals surface area contributed by atoms with Crippen molar-refractivity contribution in [3.63, 3.8) is 0 Å². The van der Waals surface area contributed by atoms with E-state index in [2.05, 4.69) is 11.8 Å². The first kappa shape index (κ1) is 34.6. The van der Waals surface area contributed by atoms with Crippen molar-refractivity contribution in [2.45, 2.75) is 97.3 Å². The fraction of sp³-hybridized carbons (Fsp3) is 0.526. The lowest BCUT2D eigenvalue weighted by atomic mass is 9.90. The van der Waals surface area contributed by atoms with Crippen LogP contribution in [-0.4, -0.2) is 52.9 Å². The largest absolute Gasteiger partial charge is 0.490 e. The van der Waals surface area contributed by atoms with Crippen LogP contribution in [-0.2, 0) is 22.2 Å². The van der Waals surface area contributed by atoms with Crippen molar-refractivity contribution in [2.75, 3.05) is 20.3 Å². The third kappa shape index (κ3) is 7.90. The van der Waals surface area contributed by atoms with Gasteiger partial charge >= 0.3 is 0 Å². The van der Waals surface area contributed by atoms with Crippen LogP contribution in [0.15, 0.2) is 47.4 Å². The van der Waals surface area contributed by atoms with Gasteiger partial charge in [-0.2, -0.15) is 0 Å². The summed E-state index contributed by atoms with van der Waals surface area (Å²) in [5, 5.41) is 10.9. The zero-order valence-electron chi connectivity index (χ0n) is 28.8. The minimum absolute atomic E-state index is 0.144. The molecule has 2 aliphatic rings. The summed E-state index contributed by atoms with van der Waals surface area (Å²) in [5.41, 5.74) is 1.66. The van der Waals surface area contributed by atoms with Gasteiger partial charge in [-0.25, -0.2) is 4.39 Å². The number of nitrogens with zero attached hydrogens (tertiary/aromatic N) is 2. The Hall–Kier alpha value is -3.69. The number of pyridine rings is 1. The van der Waals surface area contributed by atoms with Crippen molar-refractivity contribution in [3.05, 3.63) is 75.5 Å². The summed E-state index contributed by atoms with van der Waals surface area (Å²) in [7, 11) is 3.37. The van der Waals surface area contributed by atoms with Crippen LogP contribution in [0, 0.1) is 25.1 Å². The molecule has 0 unspecified atom stereocenters. The smallest absolute Gasteiger partial charge is 0.254 e. The number of amides is 1. The van der Waals surface area contributed by atoms with E-state index < -0.39 is 5.60 Å². The molecule has 2 fully saturated rings. The van der Waals surface area contributed by atoms with Crippen LogP contribution in [0.4, 0.5) is 4.39 Å². The summed E-state index contributed by atoms with van der Waals surface area (Å²) < 4.78 is 34.0. The summed E-state index contributed by atoms with van der Waals surface area (Å²) in [5.74, 6) is 1.37. The molecule has 5 rings (SSSR count). The Labute approximate surface area is 277 Å². The molecule has 1 amide bonds. The number of aryl methyl sites for hydroxylation is 3. The van der Waals surface area contributed by atoms with Gasteiger partial charge < -0.3 is 28.8 Å². The topological polar surface area (TPSA) is 90.2 Å². The zero-order valence-corrected chi connectivity index (χ0v) is 28.8. The maximum Gasteiger partial charge on any atom is 0.254 e. The summed E-state index contributed by atoms with van der Waals surface area (Å²) in [6.07, 6.45) is 7.38. The Morgan fingerprint density at radius 1 is 1.04 bits per heavy atom. The van der Waals surface area contributed by atoms with Crippen molar-refractivity contribution in [1.29, 1.82) is 0 Å². The maximum atomic E-state index is 14.1. The van der Waals surface area contributed by atoms with E-state index in [-0.39, 0.29) is 34.8 Å². The average Bonchev–Trinajstić information content (AvgIpc) is 3.77. The van der Waals surface area contributed by atoms with Crippen molar-refractivity contribution in [3.8, 4) is 28.4 Å². The molecule has 1 heterocycles. The lowest BCUT2D eigenvalue weighted by Gasteiger charge is -2.38. The lowest BCUT2D eigenvalue weighted by molar-refractivity contribution is -0.140. The molecule has 0 bridgehead atoms. The second kappa shape index (κ2) is 13.8. The Kier molecular flexibility index (Phi) is 10.2. The molecule has 0 atom stereocenters. The summed E-state index contributed by atoms with van der Waals surface area (Å²) in [4.78, 5) is 28.5. The molecule has 2 aliphatic carbocycles. The van der Waals surface area contributed by atoms with Crippen LogP contribution in [0.5, 0.6) is 17.2 Å². The first-order valence-corrected chi connectivity index (χ1v) is 16.7. The Balaban J connectivity index is 1.44. The van der Waals surface area contributed by atoms with E-state index >= 15 is 0 Å². The fourth-order valence-electron chi connectivity index (χ4n) is 6.52. The lowest BCUT2D eigenvalue weighted by Crippen LogP contribution is -2.47. The molecule has 47 heavy (non-hydrogen) atoms. The highest BCUT2D eigenvalue weighted by atomic mass is 19.1. The van der Waals surface area contributed by atoms with Gasteiger partial charge in [0.25, 0.3) is 5.56 Å². The molecular formula is C38H49FN2O6. The third-order valence-corrected chi connectivity index (χ3v) is 9.71. The van der Waals surface area contributed by atoms with Gasteiger partial charge in [-0.1, -0.05) is 13.0 Å². The van der Waals surface area contributed by atoms with Gasteiger partial charge in [-0.3, -0.25) is 9.59 Å². The number of methoxy groups -OCH3 is 1. The summed E-state index contributed by atoms with van der Waals surface area (Å²) >= 11 is 0. The zero-order chi connectivity index (χ0) is 34.1. The van der Waals surface area contributed by atoms with Gasteiger partial charge in [0.05, 0.1) is 11.7 Å². The number of aliphatic hydroxyl groups is 1. The van der Waals surface area contributed by atoms with Gasteiger partial charge in [0.15, 0.2) is 0 Å². The number of benzene rings is 2. The van der Waals surface area contributed by atoms with Gasteiger partial charge in [0.2, 0.25) is 5.91 Å². The molecular weight excluding hydrogens is 599 g/mol. The molecule has 9 heteroatoms. The molecule has 2 saturated carbocycles. The number of rotatable bonds is 12. The molecule has 0 aliphatic heterocycles. The number of ether oxygens (including phenoxy) is 3. The van der Waals surface area contributed by atoms with Crippen molar-refractivity contribution in [2.24, 2.45) is 12.5 Å². The molecule has 1 aromatic heterocycles. The predicted molar refractivity (Wildman–Crippen MR) is 181 cm³/mol. The van der Waals surface area contributed by atoms with E-state index in [4.69, 9.17) is 14.2 Å². The number of halogens is 1. The average molecular weight is 649 g/mol. The van der Waals surface area contributed by atoms with Crippen molar-refractivity contribution in [1.82, 2.24) is 9.47 Å². The molecule has 254 valence electrons. The highest BCUT2D eigenvalue weighted by Gasteiger charge is 2.48. The first-order chi connectivity index (χ1) is 22.2. The van der Waals surface area contributed by atoms with Gasteiger partial charge in [0, 0.05) is 62.2 Å². The Morgan fingerprint density at radius 2 is 1.70 bits per heavy atom. The van der Waals surface area contributed by atoms with E-state index in [1.165, 1.54) is 22.8 Å². The van der Waals surface area contributed by atoms with Crippen molar-refractivity contribution < 1.29 is 28.5 Å². The second-order valence-corrected chi connectivity index (χ2v) is 14.2. The number of hydrogen-bond donors (Lipinski definition) is 1. The van der Waals surface area contributed by atoms with Gasteiger partial charge in [-0.15, -0.1) is 0 Å². The number of carbonyl (C=O) groups excluding carboxylic acids is 1. The Morgan fingerprint density at radius 3 is 2.30 bits per heavy atom. The van der Waals surface area contributed by atoms with E-state index in [0.717, 1.165) is 44.9 Å². The number of aromatic nitrogens is 1. The van der Waals surface area contributed by atoms with E-state index in [0.29, 0.717) is 58.2 Å². The Bertz CT molecular complexity index is 1640. The van der Waals surface area contributed by atoms with Crippen LogP contribution in [0.3, 0.4) is 0 Å². The fourth-order valence-corrected chi connectivity index (χ4v) is 6.52. The highest BCUT2D eigenvalue weighted by molar-refractivity contribution is 5.85. The van der Waals surface area contributed by atoms with E-state index in [1.54, 1.807) is 60.2 Å². The van der Waals surface area contributed by atoms with Crippen LogP contribution in [0.2, 0.25) is 0 Å². The summed E-state index contributed by atoms with van der Waals surface area (Å²) in [6.45, 7) is 10.4. The normalized spacial score (nSPS) is 18.9. The quantitative estimate of drug-likeness (QED) is 0.209. The van der Waals surface area contributed by atoms with Crippen LogP contribution in [0.25, 0.3) is 11.1 Å². The van der Waals surface area contributed by atoms with E-state index in [1.807, 2.05) is 6.07 Å². The third-order valence-electron chi connectivity index (χ3n) is 9.71. The molecule has 0 spiro atoms. The predicted octanol–water partition coefficient (Wildman–Crippen LogP) is 7.18. The minimum Gasteiger partial charge on any atom is -0.490 e. The molecule has 1 N–H and O–H groups in total. The first-order valence-electron chi connectivity index (χ1n) is 16.7. The standard InChI is InChI=1S/C38H49FN2O6/c1-24-19-27(39)20-25(2)35(24)47-32-14-9-26(37(3,4)44)21-30(32)31-23-40(6)34(42)22-33(31)46-29-12-10-28(11-13-29)41(17-8-18-45-7)36(43)38(5)15-16-38/h9,14,19-23,28-29,44H,8,10-13,15-18H2,1-7H3. The SMILES string of the molecule is COCCCN(C(=O)C1(C)CC1)C1CCC(Oc2cc(=O)n(C)cc2-c2cc(C(C)(C)O)ccc2Oc2c(C)cc(F)cc2C)CC1. The minimum atomic E-state index is -1.14. The van der Waals surface area contributed by atoms with Crippen LogP contribution < -0.4 is 15.0 Å². The van der Waals surface area contributed by atoms with Gasteiger partial charge in [-0.05, 0) is 114 Å². The molecule has 2 aromatic carbocycles. The monoisotopic (exact) mass is 648 g/mol. The maximum absolute atomic E-state index is 14.1. The molecule has 0 radical (unpaired) electrons. The summed E-state index contributed by atoms with van der Waals surface area (Å²) in [6, 6.07) is 9.97.